The van der Waals surface area contributed by atoms with Gasteiger partial charge in [0.15, 0.2) is 0 Å². The molecule has 0 saturated carbocycles. The van der Waals surface area contributed by atoms with Gasteiger partial charge in [-0.2, -0.15) is 5.10 Å². The van der Waals surface area contributed by atoms with Crippen molar-refractivity contribution in [2.24, 2.45) is 0 Å². The van der Waals surface area contributed by atoms with Crippen LogP contribution in [0.3, 0.4) is 0 Å². The Balaban J connectivity index is 2.09. The molecule has 2 rings (SSSR count). The van der Waals surface area contributed by atoms with Crippen LogP contribution in [0.15, 0.2) is 22.8 Å². The highest BCUT2D eigenvalue weighted by molar-refractivity contribution is 9.10. The van der Waals surface area contributed by atoms with Crippen LogP contribution in [0.4, 0.5) is 0 Å². The number of fused-ring (bicyclic) bond motifs is 1. The summed E-state index contributed by atoms with van der Waals surface area (Å²) in [5, 5.41) is 14.3. The van der Waals surface area contributed by atoms with E-state index in [4.69, 9.17) is 9.84 Å². The van der Waals surface area contributed by atoms with Crippen molar-refractivity contribution < 1.29 is 14.6 Å². The third-order valence-corrected chi connectivity index (χ3v) is 5.45. The number of benzene rings is 1. The fourth-order valence-electron chi connectivity index (χ4n) is 1.86. The summed E-state index contributed by atoms with van der Waals surface area (Å²) in [7, 11) is -1.08. The third-order valence-electron chi connectivity index (χ3n) is 3.09. The van der Waals surface area contributed by atoms with Crippen LogP contribution in [0.1, 0.15) is 10.4 Å². The quantitative estimate of drug-likeness (QED) is 0.620. The van der Waals surface area contributed by atoms with Gasteiger partial charge >= 0.3 is 5.97 Å². The van der Waals surface area contributed by atoms with Crippen molar-refractivity contribution in [3.8, 4) is 0 Å². The fourth-order valence-corrected chi connectivity index (χ4v) is 3.17. The van der Waals surface area contributed by atoms with Crippen molar-refractivity contribution in [1.82, 2.24) is 9.78 Å². The molecule has 0 aliphatic heterocycles. The van der Waals surface area contributed by atoms with E-state index in [1.54, 1.807) is 16.8 Å². The van der Waals surface area contributed by atoms with Gasteiger partial charge < -0.3 is 9.84 Å². The van der Waals surface area contributed by atoms with Crippen LogP contribution in [-0.4, -0.2) is 35.5 Å². The summed E-state index contributed by atoms with van der Waals surface area (Å²) in [5.74, 6) is -0.960. The molecule has 0 amide bonds. The highest BCUT2D eigenvalue weighted by atomic mass is 79.9. The van der Waals surface area contributed by atoms with Crippen LogP contribution in [0.2, 0.25) is 25.7 Å². The Hall–Kier alpha value is -1.18. The molecule has 0 saturated heterocycles. The minimum absolute atomic E-state index is 0.222. The van der Waals surface area contributed by atoms with Crippen LogP contribution in [0, 0.1) is 0 Å². The smallest absolute Gasteiger partial charge is 0.335 e. The number of halogens is 1. The minimum atomic E-state index is -1.08. The number of aromatic carboxylic acids is 1. The number of aromatic nitrogens is 2. The van der Waals surface area contributed by atoms with Gasteiger partial charge in [0.1, 0.15) is 6.73 Å². The lowest BCUT2D eigenvalue weighted by Crippen LogP contribution is -2.22. The molecule has 1 N–H and O–H groups in total. The monoisotopic (exact) mass is 370 g/mol. The average molecular weight is 371 g/mol. The van der Waals surface area contributed by atoms with Crippen molar-refractivity contribution in [2.45, 2.75) is 32.4 Å². The molecule has 21 heavy (non-hydrogen) atoms. The zero-order chi connectivity index (χ0) is 15.6. The maximum absolute atomic E-state index is 11.0. The second-order valence-corrected chi connectivity index (χ2v) is 12.7. The first-order chi connectivity index (χ1) is 9.76. The van der Waals surface area contributed by atoms with Crippen LogP contribution in [0.25, 0.3) is 10.9 Å². The van der Waals surface area contributed by atoms with Crippen molar-refractivity contribution >= 4 is 40.9 Å². The summed E-state index contributed by atoms with van der Waals surface area (Å²) in [4.78, 5) is 11.0. The molecule has 0 atom stereocenters. The van der Waals surface area contributed by atoms with E-state index in [0.29, 0.717) is 12.2 Å². The highest BCUT2D eigenvalue weighted by Gasteiger charge is 2.13. The van der Waals surface area contributed by atoms with Crippen molar-refractivity contribution in [3.05, 3.63) is 28.4 Å². The van der Waals surface area contributed by atoms with E-state index in [1.807, 2.05) is 6.20 Å². The Kier molecular flexibility index (Phi) is 4.85. The van der Waals surface area contributed by atoms with Crippen LogP contribution < -0.4 is 0 Å². The lowest BCUT2D eigenvalue weighted by atomic mass is 10.2. The summed E-state index contributed by atoms with van der Waals surface area (Å²) in [5.41, 5.74) is 0.870. The molecule has 7 heteroatoms. The van der Waals surface area contributed by atoms with Crippen molar-refractivity contribution in [1.29, 1.82) is 0 Å². The molecule has 0 aliphatic rings. The molecular formula is C14H19BrN2O3Si. The number of hydrogen-bond donors (Lipinski definition) is 1. The Morgan fingerprint density at radius 3 is 2.76 bits per heavy atom. The van der Waals surface area contributed by atoms with E-state index < -0.39 is 14.0 Å². The predicted octanol–water partition coefficient (Wildman–Crippen LogP) is 3.81. The predicted molar refractivity (Wildman–Crippen MR) is 88.5 cm³/mol. The zero-order valence-corrected chi connectivity index (χ0v) is 15.0. The molecule has 0 bridgehead atoms. The maximum Gasteiger partial charge on any atom is 0.335 e. The number of ether oxygens (including phenoxy) is 1. The van der Waals surface area contributed by atoms with Gasteiger partial charge in [0, 0.05) is 30.7 Å². The number of carboxylic acids is 1. The normalized spacial score (nSPS) is 12.0. The van der Waals surface area contributed by atoms with E-state index in [0.717, 1.165) is 22.5 Å². The lowest BCUT2D eigenvalue weighted by molar-refractivity contribution is 0.0697. The number of hydrogen-bond acceptors (Lipinski definition) is 3. The summed E-state index contributed by atoms with van der Waals surface area (Å²) >= 11 is 3.39. The summed E-state index contributed by atoms with van der Waals surface area (Å²) in [6.45, 7) is 8.04. The molecule has 1 aromatic carbocycles. The van der Waals surface area contributed by atoms with E-state index in [-0.39, 0.29) is 5.56 Å². The van der Waals surface area contributed by atoms with Crippen LogP contribution in [-0.2, 0) is 11.5 Å². The molecule has 0 aliphatic carbocycles. The van der Waals surface area contributed by atoms with E-state index in [1.165, 1.54) is 0 Å². The fraction of sp³-hybridized carbons (Fsp3) is 0.429. The first-order valence-electron chi connectivity index (χ1n) is 6.74. The Morgan fingerprint density at radius 2 is 2.14 bits per heavy atom. The topological polar surface area (TPSA) is 64.3 Å². The molecular weight excluding hydrogens is 352 g/mol. The molecule has 0 fully saturated rings. The van der Waals surface area contributed by atoms with Crippen molar-refractivity contribution in [3.63, 3.8) is 0 Å². The summed E-state index contributed by atoms with van der Waals surface area (Å²) in [6.07, 6.45) is 1.86. The average Bonchev–Trinajstić information content (AvgIpc) is 2.77. The molecule has 5 nitrogen and oxygen atoms in total. The van der Waals surface area contributed by atoms with E-state index >= 15 is 0 Å². The minimum Gasteiger partial charge on any atom is -0.478 e. The summed E-state index contributed by atoms with van der Waals surface area (Å²) < 4.78 is 8.07. The molecule has 0 radical (unpaired) electrons. The second kappa shape index (κ2) is 6.29. The van der Waals surface area contributed by atoms with Crippen LogP contribution in [0.5, 0.6) is 0 Å². The number of carbonyl (C=O) groups is 1. The van der Waals surface area contributed by atoms with Gasteiger partial charge in [0.2, 0.25) is 0 Å². The Morgan fingerprint density at radius 1 is 1.43 bits per heavy atom. The lowest BCUT2D eigenvalue weighted by Gasteiger charge is -2.15. The standard InChI is InChI=1S/C14H19BrN2O3Si/c1-21(2,3)5-4-20-9-17-8-11-12(15)6-10(14(18)19)7-13(11)16-17/h6-8H,4-5,9H2,1-3H3,(H,18,19). The van der Waals surface area contributed by atoms with Gasteiger partial charge in [-0.1, -0.05) is 35.6 Å². The first kappa shape index (κ1) is 16.2. The van der Waals surface area contributed by atoms with E-state index in [2.05, 4.69) is 40.7 Å². The van der Waals surface area contributed by atoms with Gasteiger partial charge in [-0.25, -0.2) is 9.48 Å². The number of nitrogens with zero attached hydrogens (tertiary/aromatic N) is 2. The molecule has 1 aromatic heterocycles. The van der Waals surface area contributed by atoms with Gasteiger partial charge in [0.05, 0.1) is 11.1 Å². The third kappa shape index (κ3) is 4.39. The SMILES string of the molecule is C[Si](C)(C)CCOCn1cc2c(Br)cc(C(=O)O)cc2n1. The van der Waals surface area contributed by atoms with Gasteiger partial charge in [-0.15, -0.1) is 0 Å². The number of carboxylic acid groups (broad SMARTS) is 1. The highest BCUT2D eigenvalue weighted by Crippen LogP contribution is 2.25. The Labute approximate surface area is 133 Å². The number of rotatable bonds is 6. The zero-order valence-electron chi connectivity index (χ0n) is 12.4. The molecule has 2 aromatic rings. The largest absolute Gasteiger partial charge is 0.478 e. The van der Waals surface area contributed by atoms with Gasteiger partial charge in [-0.3, -0.25) is 0 Å². The van der Waals surface area contributed by atoms with Gasteiger partial charge in [-0.05, 0) is 18.2 Å². The van der Waals surface area contributed by atoms with E-state index in [9.17, 15) is 4.79 Å². The molecule has 0 spiro atoms. The maximum atomic E-state index is 11.0. The second-order valence-electron chi connectivity index (χ2n) is 6.21. The molecule has 1 heterocycles. The van der Waals surface area contributed by atoms with Crippen LogP contribution >= 0.6 is 15.9 Å². The summed E-state index contributed by atoms with van der Waals surface area (Å²) in [6, 6.07) is 4.27. The van der Waals surface area contributed by atoms with Crippen molar-refractivity contribution in [2.75, 3.05) is 6.61 Å². The van der Waals surface area contributed by atoms with Gasteiger partial charge in [0.25, 0.3) is 0 Å². The first-order valence-corrected chi connectivity index (χ1v) is 11.2. The molecule has 114 valence electrons. The Bertz CT molecular complexity index is 664. The molecule has 0 unspecified atom stereocenters.